The summed E-state index contributed by atoms with van der Waals surface area (Å²) < 4.78 is 24.5. The molecule has 5 heteroatoms. The Hall–Kier alpha value is -1.49. The van der Waals surface area contributed by atoms with Gasteiger partial charge in [0.1, 0.15) is 0 Å². The van der Waals surface area contributed by atoms with E-state index in [4.69, 9.17) is 5.11 Å². The van der Waals surface area contributed by atoms with E-state index < -0.39 is 15.9 Å². The van der Waals surface area contributed by atoms with Crippen LogP contribution in [-0.4, -0.2) is 13.5 Å². The van der Waals surface area contributed by atoms with Crippen LogP contribution in [0.2, 0.25) is 0 Å². The first kappa shape index (κ1) is 9.60. The summed E-state index contributed by atoms with van der Waals surface area (Å²) in [4.78, 5) is 0.0881. The SMILES string of the molecule is C=C(O)NS(=O)(=O)c1ccccc1. The van der Waals surface area contributed by atoms with Gasteiger partial charge in [-0.25, -0.2) is 8.42 Å². The Morgan fingerprint density at radius 1 is 1.31 bits per heavy atom. The normalized spacial score (nSPS) is 10.8. The molecule has 0 unspecified atom stereocenters. The van der Waals surface area contributed by atoms with Crippen molar-refractivity contribution in [3.05, 3.63) is 42.8 Å². The van der Waals surface area contributed by atoms with E-state index in [1.54, 1.807) is 18.2 Å². The highest BCUT2D eigenvalue weighted by Crippen LogP contribution is 2.07. The largest absolute Gasteiger partial charge is 0.495 e. The fourth-order valence-electron chi connectivity index (χ4n) is 0.814. The zero-order valence-electron chi connectivity index (χ0n) is 6.77. The van der Waals surface area contributed by atoms with Crippen molar-refractivity contribution in [1.29, 1.82) is 0 Å². The molecule has 0 aliphatic heterocycles. The van der Waals surface area contributed by atoms with Crippen LogP contribution >= 0.6 is 0 Å². The zero-order valence-corrected chi connectivity index (χ0v) is 7.58. The summed E-state index contributed by atoms with van der Waals surface area (Å²) in [5, 5.41) is 8.66. The number of benzene rings is 1. The maximum absolute atomic E-state index is 11.3. The molecule has 2 N–H and O–H groups in total. The molecule has 0 radical (unpaired) electrons. The third-order valence-electron chi connectivity index (χ3n) is 1.31. The molecule has 1 aromatic rings. The molecule has 70 valence electrons. The Bertz CT molecular complexity index is 397. The number of aliphatic hydroxyl groups is 1. The molecule has 0 heterocycles. The average molecular weight is 199 g/mol. The first-order chi connectivity index (χ1) is 6.02. The van der Waals surface area contributed by atoms with E-state index in [1.807, 2.05) is 4.72 Å². The summed E-state index contributed by atoms with van der Waals surface area (Å²) in [6, 6.07) is 7.73. The van der Waals surface area contributed by atoms with Gasteiger partial charge in [0.25, 0.3) is 10.0 Å². The summed E-state index contributed by atoms with van der Waals surface area (Å²) in [6.07, 6.45) is 0. The number of nitrogens with one attached hydrogen (secondary N) is 1. The average Bonchev–Trinajstić information content (AvgIpc) is 2.04. The van der Waals surface area contributed by atoms with Crippen LogP contribution in [0.1, 0.15) is 0 Å². The number of hydrogen-bond acceptors (Lipinski definition) is 3. The molecule has 0 spiro atoms. The third-order valence-corrected chi connectivity index (χ3v) is 2.70. The van der Waals surface area contributed by atoms with Crippen LogP contribution < -0.4 is 4.72 Å². The summed E-state index contributed by atoms with van der Waals surface area (Å²) in [5.41, 5.74) is 0. The molecule has 0 aliphatic rings. The second-order valence-electron chi connectivity index (χ2n) is 2.37. The van der Waals surface area contributed by atoms with Crippen LogP contribution in [0.3, 0.4) is 0 Å². The topological polar surface area (TPSA) is 66.4 Å². The third kappa shape index (κ3) is 2.48. The van der Waals surface area contributed by atoms with Gasteiger partial charge < -0.3 is 5.11 Å². The maximum Gasteiger partial charge on any atom is 0.264 e. The molecular weight excluding hydrogens is 190 g/mol. The summed E-state index contributed by atoms with van der Waals surface area (Å²) in [7, 11) is -3.66. The highest BCUT2D eigenvalue weighted by molar-refractivity contribution is 7.89. The van der Waals surface area contributed by atoms with Gasteiger partial charge in [-0.05, 0) is 18.7 Å². The number of sulfonamides is 1. The van der Waals surface area contributed by atoms with Crippen molar-refractivity contribution in [2.24, 2.45) is 0 Å². The van der Waals surface area contributed by atoms with E-state index in [0.717, 1.165) is 0 Å². The molecule has 4 nitrogen and oxygen atoms in total. The monoisotopic (exact) mass is 199 g/mol. The van der Waals surface area contributed by atoms with Gasteiger partial charge in [0, 0.05) is 0 Å². The Morgan fingerprint density at radius 3 is 2.31 bits per heavy atom. The van der Waals surface area contributed by atoms with Crippen LogP contribution in [0.5, 0.6) is 0 Å². The first-order valence-electron chi connectivity index (χ1n) is 3.48. The summed E-state index contributed by atoms with van der Waals surface area (Å²) in [6.45, 7) is 3.03. The number of hydrogen-bond donors (Lipinski definition) is 2. The molecule has 0 fully saturated rings. The molecular formula is C8H9NO3S. The van der Waals surface area contributed by atoms with Gasteiger partial charge in [0.15, 0.2) is 5.88 Å². The van der Waals surface area contributed by atoms with Crippen LogP contribution in [0, 0.1) is 0 Å². The van der Waals surface area contributed by atoms with Gasteiger partial charge in [0.05, 0.1) is 4.90 Å². The molecule has 0 aromatic heterocycles. The Morgan fingerprint density at radius 2 is 1.85 bits per heavy atom. The molecule has 0 bridgehead atoms. The molecule has 13 heavy (non-hydrogen) atoms. The van der Waals surface area contributed by atoms with E-state index >= 15 is 0 Å². The van der Waals surface area contributed by atoms with Crippen LogP contribution in [-0.2, 0) is 10.0 Å². The Balaban J connectivity index is 3.02. The Labute approximate surface area is 76.6 Å². The predicted molar refractivity (Wildman–Crippen MR) is 48.5 cm³/mol. The molecule has 0 saturated heterocycles. The van der Waals surface area contributed by atoms with E-state index in [1.165, 1.54) is 12.1 Å². The van der Waals surface area contributed by atoms with Crippen LogP contribution in [0.25, 0.3) is 0 Å². The van der Waals surface area contributed by atoms with Crippen molar-refractivity contribution in [2.75, 3.05) is 0 Å². The Kier molecular flexibility index (Phi) is 2.57. The van der Waals surface area contributed by atoms with Crippen molar-refractivity contribution in [3.63, 3.8) is 0 Å². The quantitative estimate of drug-likeness (QED) is 0.713. The van der Waals surface area contributed by atoms with E-state index in [-0.39, 0.29) is 4.90 Å². The maximum atomic E-state index is 11.3. The van der Waals surface area contributed by atoms with Gasteiger partial charge in [-0.3, -0.25) is 4.72 Å². The lowest BCUT2D eigenvalue weighted by Gasteiger charge is -2.04. The van der Waals surface area contributed by atoms with Crippen molar-refractivity contribution >= 4 is 10.0 Å². The lowest BCUT2D eigenvalue weighted by molar-refractivity contribution is 0.391. The second kappa shape index (κ2) is 3.49. The molecule has 0 saturated carbocycles. The molecule has 1 rings (SSSR count). The van der Waals surface area contributed by atoms with Gasteiger partial charge in [-0.15, -0.1) is 0 Å². The van der Waals surface area contributed by atoms with Gasteiger partial charge in [-0.1, -0.05) is 18.2 Å². The lowest BCUT2D eigenvalue weighted by Crippen LogP contribution is -2.22. The molecule has 0 amide bonds. The number of aliphatic hydroxyl groups excluding tert-OH is 1. The second-order valence-corrected chi connectivity index (χ2v) is 4.05. The predicted octanol–water partition coefficient (Wildman–Crippen LogP) is 0.994. The fourth-order valence-corrected chi connectivity index (χ4v) is 1.76. The smallest absolute Gasteiger partial charge is 0.264 e. The lowest BCUT2D eigenvalue weighted by atomic mass is 10.4. The highest BCUT2D eigenvalue weighted by atomic mass is 32.2. The van der Waals surface area contributed by atoms with Crippen molar-refractivity contribution in [1.82, 2.24) is 4.72 Å². The summed E-state index contributed by atoms with van der Waals surface area (Å²) >= 11 is 0. The minimum Gasteiger partial charge on any atom is -0.495 e. The summed E-state index contributed by atoms with van der Waals surface area (Å²) in [5.74, 6) is -0.594. The number of rotatable bonds is 3. The minimum absolute atomic E-state index is 0.0881. The standard InChI is InChI=1S/C8H9NO3S/c1-7(10)9-13(11,12)8-5-3-2-4-6-8/h2-6,9-10H,1H2. The van der Waals surface area contributed by atoms with E-state index in [0.29, 0.717) is 0 Å². The van der Waals surface area contributed by atoms with Crippen molar-refractivity contribution in [2.45, 2.75) is 4.90 Å². The molecule has 1 aromatic carbocycles. The van der Waals surface area contributed by atoms with Gasteiger partial charge in [-0.2, -0.15) is 0 Å². The van der Waals surface area contributed by atoms with Crippen molar-refractivity contribution < 1.29 is 13.5 Å². The van der Waals surface area contributed by atoms with Crippen LogP contribution in [0.4, 0.5) is 0 Å². The zero-order chi connectivity index (χ0) is 9.90. The highest BCUT2D eigenvalue weighted by Gasteiger charge is 2.12. The molecule has 0 aliphatic carbocycles. The van der Waals surface area contributed by atoms with Gasteiger partial charge >= 0.3 is 0 Å². The molecule has 0 atom stereocenters. The van der Waals surface area contributed by atoms with E-state index in [2.05, 4.69) is 6.58 Å². The van der Waals surface area contributed by atoms with E-state index in [9.17, 15) is 8.42 Å². The fraction of sp³-hybridized carbons (Fsp3) is 0. The van der Waals surface area contributed by atoms with Crippen molar-refractivity contribution in [3.8, 4) is 0 Å². The van der Waals surface area contributed by atoms with Crippen LogP contribution in [0.15, 0.2) is 47.7 Å². The first-order valence-corrected chi connectivity index (χ1v) is 4.96. The van der Waals surface area contributed by atoms with Gasteiger partial charge in [0.2, 0.25) is 0 Å². The minimum atomic E-state index is -3.66.